The number of ketones is 2. The van der Waals surface area contributed by atoms with Crippen molar-refractivity contribution in [3.8, 4) is 17.2 Å². The molecule has 16 heteroatoms. The number of aromatic hydroxyl groups is 2. The summed E-state index contributed by atoms with van der Waals surface area (Å²) in [6, 6.07) is 2.65. The molecule has 0 aromatic heterocycles. The zero-order valence-corrected chi connectivity index (χ0v) is 23.8. The van der Waals surface area contributed by atoms with Gasteiger partial charge in [0.25, 0.3) is 0 Å². The number of hydrogen-bond acceptors (Lipinski definition) is 12. The van der Waals surface area contributed by atoms with Gasteiger partial charge in [0, 0.05) is 36.0 Å². The Hall–Kier alpha value is -3.80. The number of benzene rings is 2. The molecule has 0 spiro atoms. The Labute approximate surface area is 252 Å². The van der Waals surface area contributed by atoms with Gasteiger partial charge in [-0.15, -0.1) is 0 Å². The molecule has 7 N–H and O–H groups in total. The molecule has 13 nitrogen and oxygen atoms in total. The third-order valence-electron chi connectivity index (χ3n) is 8.49. The summed E-state index contributed by atoms with van der Waals surface area (Å²) in [7, 11) is 1.26. The highest BCUT2D eigenvalue weighted by Gasteiger charge is 2.51. The van der Waals surface area contributed by atoms with Crippen molar-refractivity contribution in [1.29, 1.82) is 0 Å². The molecule has 1 saturated heterocycles. The maximum atomic E-state index is 13.7. The van der Waals surface area contributed by atoms with Gasteiger partial charge in [-0.1, -0.05) is 12.1 Å². The van der Waals surface area contributed by atoms with Gasteiger partial charge in [0.05, 0.1) is 54.3 Å². The van der Waals surface area contributed by atoms with E-state index in [0.717, 1.165) is 0 Å². The minimum atomic E-state index is -5.26. The Morgan fingerprint density at radius 2 is 1.82 bits per heavy atom. The van der Waals surface area contributed by atoms with Crippen LogP contribution in [0.2, 0.25) is 0 Å². The fraction of sp³-hybridized carbons (Fsp3) is 0.483. The van der Waals surface area contributed by atoms with Crippen molar-refractivity contribution in [1.82, 2.24) is 5.32 Å². The lowest BCUT2D eigenvalue weighted by Crippen LogP contribution is -2.57. The number of phenols is 2. The standard InChI is InChI=1S/C29H30F3NO12/c1-10-22(36)13(33-27(41)29(30,31)32)6-17(44-10)45-15-8-28(42,16(35)9-34)7-12-19(15)26(40)21-20(24(12)38)23(37)11-4-3-5-14(43-2)18(11)25(21)39/h3-5,10,13,15-17,22,34-36,38,40,42H,6-9H2,1-2H3,(H,33,41)/t10?,13?,15-,16?,17?,22?,28-/m0/s1. The largest absolute Gasteiger partial charge is 0.507 e. The van der Waals surface area contributed by atoms with Gasteiger partial charge in [0.2, 0.25) is 5.78 Å². The van der Waals surface area contributed by atoms with Crippen molar-refractivity contribution >= 4 is 17.5 Å². The Kier molecular flexibility index (Phi) is 8.35. The second-order valence-electron chi connectivity index (χ2n) is 11.3. The second-order valence-corrected chi connectivity index (χ2v) is 11.3. The molecule has 2 aliphatic carbocycles. The van der Waals surface area contributed by atoms with E-state index in [0.29, 0.717) is 0 Å². The minimum Gasteiger partial charge on any atom is -0.507 e. The number of aliphatic hydroxyl groups is 4. The number of nitrogens with one attached hydrogen (secondary N) is 1. The van der Waals surface area contributed by atoms with E-state index < -0.39 is 114 Å². The van der Waals surface area contributed by atoms with Crippen LogP contribution in [0.15, 0.2) is 18.2 Å². The average Bonchev–Trinajstić information content (AvgIpc) is 2.98. The van der Waals surface area contributed by atoms with E-state index in [9.17, 15) is 58.2 Å². The molecule has 3 aliphatic rings. The molecule has 5 unspecified atom stereocenters. The van der Waals surface area contributed by atoms with Crippen LogP contribution < -0.4 is 10.1 Å². The topological polar surface area (TPSA) is 212 Å². The molecule has 244 valence electrons. The van der Waals surface area contributed by atoms with Crippen LogP contribution in [0.4, 0.5) is 13.2 Å². The number of carbonyl (C=O) groups is 3. The lowest BCUT2D eigenvalue weighted by molar-refractivity contribution is -0.254. The predicted molar refractivity (Wildman–Crippen MR) is 143 cm³/mol. The van der Waals surface area contributed by atoms with Crippen molar-refractivity contribution in [2.24, 2.45) is 0 Å². The van der Waals surface area contributed by atoms with E-state index >= 15 is 0 Å². The van der Waals surface area contributed by atoms with Gasteiger partial charge in [-0.2, -0.15) is 13.2 Å². The second kappa shape index (κ2) is 11.5. The predicted octanol–water partition coefficient (Wildman–Crippen LogP) is 0.513. The van der Waals surface area contributed by atoms with Crippen LogP contribution in [0.3, 0.4) is 0 Å². The van der Waals surface area contributed by atoms with Gasteiger partial charge in [0.15, 0.2) is 12.1 Å². The number of amides is 1. The molecule has 0 bridgehead atoms. The lowest BCUT2D eigenvalue weighted by Gasteiger charge is -2.44. The Morgan fingerprint density at radius 1 is 1.16 bits per heavy atom. The van der Waals surface area contributed by atoms with E-state index in [2.05, 4.69) is 0 Å². The van der Waals surface area contributed by atoms with Gasteiger partial charge in [-0.05, 0) is 13.0 Å². The van der Waals surface area contributed by atoms with Gasteiger partial charge in [0.1, 0.15) is 29.5 Å². The van der Waals surface area contributed by atoms with E-state index in [1.54, 1.807) is 5.32 Å². The summed E-state index contributed by atoms with van der Waals surface area (Å²) in [5, 5.41) is 66.6. The van der Waals surface area contributed by atoms with Crippen LogP contribution in [0.1, 0.15) is 68.8 Å². The van der Waals surface area contributed by atoms with E-state index in [-0.39, 0.29) is 28.0 Å². The zero-order valence-electron chi connectivity index (χ0n) is 23.8. The van der Waals surface area contributed by atoms with Gasteiger partial charge >= 0.3 is 12.1 Å². The first-order chi connectivity index (χ1) is 21.0. The normalized spacial score (nSPS) is 28.5. The fourth-order valence-electron chi connectivity index (χ4n) is 6.20. The van der Waals surface area contributed by atoms with Crippen molar-refractivity contribution in [2.45, 2.75) is 74.7 Å². The molecular weight excluding hydrogens is 611 g/mol. The summed E-state index contributed by atoms with van der Waals surface area (Å²) in [6.07, 6.45) is -14.8. The van der Waals surface area contributed by atoms with Crippen molar-refractivity contribution in [3.63, 3.8) is 0 Å². The van der Waals surface area contributed by atoms with E-state index in [1.807, 2.05) is 0 Å². The van der Waals surface area contributed by atoms with Crippen molar-refractivity contribution in [2.75, 3.05) is 13.7 Å². The number of rotatable bonds is 6. The maximum Gasteiger partial charge on any atom is 0.471 e. The highest BCUT2D eigenvalue weighted by atomic mass is 19.4. The minimum absolute atomic E-state index is 0.0106. The quantitative estimate of drug-likeness (QED) is 0.184. The molecule has 2 aromatic carbocycles. The highest BCUT2D eigenvalue weighted by molar-refractivity contribution is 6.31. The van der Waals surface area contributed by atoms with Crippen LogP contribution in [-0.2, 0) is 20.7 Å². The molecule has 1 heterocycles. The van der Waals surface area contributed by atoms with Gasteiger partial charge < -0.3 is 50.2 Å². The summed E-state index contributed by atoms with van der Waals surface area (Å²) in [5.74, 6) is -5.69. The van der Waals surface area contributed by atoms with Gasteiger partial charge in [-0.25, -0.2) is 0 Å². The van der Waals surface area contributed by atoms with Crippen LogP contribution >= 0.6 is 0 Å². The Morgan fingerprint density at radius 3 is 2.44 bits per heavy atom. The summed E-state index contributed by atoms with van der Waals surface area (Å²) in [6.45, 7) is 0.331. The number of ether oxygens (including phenoxy) is 3. The average molecular weight is 642 g/mol. The number of halogens is 3. The smallest absolute Gasteiger partial charge is 0.471 e. The van der Waals surface area contributed by atoms with Crippen LogP contribution in [0.25, 0.3) is 0 Å². The van der Waals surface area contributed by atoms with Crippen molar-refractivity contribution in [3.05, 3.63) is 51.6 Å². The number of methoxy groups -OCH3 is 1. The molecule has 7 atom stereocenters. The van der Waals surface area contributed by atoms with Crippen LogP contribution in [0.5, 0.6) is 17.2 Å². The molecular formula is C29H30F3NO12. The number of carbonyl (C=O) groups excluding carboxylic acids is 3. The highest BCUT2D eigenvalue weighted by Crippen LogP contribution is 2.53. The molecule has 5 rings (SSSR count). The summed E-state index contributed by atoms with van der Waals surface area (Å²) < 4.78 is 55.6. The summed E-state index contributed by atoms with van der Waals surface area (Å²) in [4.78, 5) is 38.9. The molecule has 2 aromatic rings. The lowest BCUT2D eigenvalue weighted by atomic mass is 9.71. The number of hydrogen-bond donors (Lipinski definition) is 7. The maximum absolute atomic E-state index is 13.7. The molecule has 0 radical (unpaired) electrons. The molecule has 1 amide bonds. The first-order valence-electron chi connectivity index (χ1n) is 13.8. The molecule has 0 saturated carbocycles. The first kappa shape index (κ1) is 32.6. The SMILES string of the molecule is COc1cccc2c1C(=O)c1c(O)c3c(c(O)c1C2=O)C[C@@](O)(C(O)CO)C[C@@H]3OC1CC(NC(=O)C(F)(F)F)C(O)C(C)O1. The summed E-state index contributed by atoms with van der Waals surface area (Å²) >= 11 is 0. The number of alkyl halides is 3. The van der Waals surface area contributed by atoms with E-state index in [4.69, 9.17) is 14.2 Å². The van der Waals surface area contributed by atoms with E-state index in [1.165, 1.54) is 32.2 Å². The van der Waals surface area contributed by atoms with Crippen molar-refractivity contribution < 1.29 is 72.4 Å². The van der Waals surface area contributed by atoms with Crippen LogP contribution in [-0.4, -0.2) is 104 Å². The molecule has 45 heavy (non-hydrogen) atoms. The third kappa shape index (κ3) is 5.40. The monoisotopic (exact) mass is 641 g/mol. The summed E-state index contributed by atoms with van der Waals surface area (Å²) in [5.41, 5.74) is -4.36. The first-order valence-corrected chi connectivity index (χ1v) is 13.8. The Balaban J connectivity index is 1.61. The van der Waals surface area contributed by atoms with Gasteiger partial charge in [-0.3, -0.25) is 14.4 Å². The van der Waals surface area contributed by atoms with Crippen LogP contribution in [0, 0.1) is 0 Å². The zero-order chi connectivity index (χ0) is 33.2. The third-order valence-corrected chi connectivity index (χ3v) is 8.49. The number of fused-ring (bicyclic) bond motifs is 3. The number of phenolic OH excluding ortho intramolecular Hbond substituents is 2. The number of aliphatic hydroxyl groups excluding tert-OH is 3. The fourth-order valence-corrected chi connectivity index (χ4v) is 6.20. The Bertz CT molecular complexity index is 1560. The molecule has 1 fully saturated rings. The molecule has 1 aliphatic heterocycles.